The maximum Gasteiger partial charge on any atom is 0.356 e. The highest BCUT2D eigenvalue weighted by atomic mass is 19.2. The summed E-state index contributed by atoms with van der Waals surface area (Å²) in [7, 11) is 0. The van der Waals surface area contributed by atoms with Crippen LogP contribution in [0.15, 0.2) is 24.3 Å². The van der Waals surface area contributed by atoms with Crippen molar-refractivity contribution >= 4 is 5.97 Å². The first-order valence-corrected chi connectivity index (χ1v) is 4.75. The maximum absolute atomic E-state index is 13.5. The third-order valence-corrected chi connectivity index (χ3v) is 2.27. The number of aryl methyl sites for hydroxylation is 1. The van der Waals surface area contributed by atoms with Crippen molar-refractivity contribution in [1.82, 2.24) is 9.78 Å². The molecule has 0 atom stereocenters. The number of halogens is 2. The Morgan fingerprint density at radius 2 is 2.12 bits per heavy atom. The Morgan fingerprint density at radius 3 is 2.71 bits per heavy atom. The van der Waals surface area contributed by atoms with Crippen molar-refractivity contribution in [2.75, 3.05) is 0 Å². The first-order valence-electron chi connectivity index (χ1n) is 4.75. The Labute approximate surface area is 95.1 Å². The fourth-order valence-corrected chi connectivity index (χ4v) is 1.48. The largest absolute Gasteiger partial charge is 0.476 e. The molecule has 0 radical (unpaired) electrons. The van der Waals surface area contributed by atoms with Crippen molar-refractivity contribution < 1.29 is 18.7 Å². The van der Waals surface area contributed by atoms with E-state index in [0.717, 1.165) is 10.7 Å². The molecule has 1 aromatic carbocycles. The first-order chi connectivity index (χ1) is 8.00. The summed E-state index contributed by atoms with van der Waals surface area (Å²) >= 11 is 0. The smallest absolute Gasteiger partial charge is 0.356 e. The van der Waals surface area contributed by atoms with E-state index >= 15 is 0 Å². The van der Waals surface area contributed by atoms with E-state index in [1.807, 2.05) is 0 Å². The summed E-state index contributed by atoms with van der Waals surface area (Å²) in [5.41, 5.74) is 0.0769. The van der Waals surface area contributed by atoms with E-state index in [0.29, 0.717) is 5.69 Å². The van der Waals surface area contributed by atoms with E-state index in [2.05, 4.69) is 5.10 Å². The van der Waals surface area contributed by atoms with Crippen LogP contribution in [-0.4, -0.2) is 20.9 Å². The van der Waals surface area contributed by atoms with Crippen molar-refractivity contribution in [2.24, 2.45) is 0 Å². The van der Waals surface area contributed by atoms with Gasteiger partial charge in [0.2, 0.25) is 0 Å². The number of hydrogen-bond acceptors (Lipinski definition) is 2. The summed E-state index contributed by atoms with van der Waals surface area (Å²) in [6.45, 7) is 1.56. The third-order valence-electron chi connectivity index (χ3n) is 2.27. The molecule has 17 heavy (non-hydrogen) atoms. The van der Waals surface area contributed by atoms with Gasteiger partial charge < -0.3 is 5.11 Å². The zero-order valence-corrected chi connectivity index (χ0v) is 8.82. The Bertz CT molecular complexity index is 593. The van der Waals surface area contributed by atoms with Crippen LogP contribution >= 0.6 is 0 Å². The SMILES string of the molecule is Cc1cc(C(=O)O)nn1-c1cccc(F)c1F. The molecule has 1 heterocycles. The van der Waals surface area contributed by atoms with Crippen molar-refractivity contribution in [3.05, 3.63) is 47.3 Å². The fraction of sp³-hybridized carbons (Fsp3) is 0.0909. The topological polar surface area (TPSA) is 55.1 Å². The molecule has 0 aliphatic carbocycles. The van der Waals surface area contributed by atoms with Crippen LogP contribution in [-0.2, 0) is 0 Å². The predicted octanol–water partition coefficient (Wildman–Crippen LogP) is 2.16. The Kier molecular flexibility index (Phi) is 2.63. The minimum atomic E-state index is -1.22. The number of benzene rings is 1. The Balaban J connectivity index is 2.60. The van der Waals surface area contributed by atoms with Gasteiger partial charge in [0.1, 0.15) is 5.69 Å². The average molecular weight is 238 g/mol. The lowest BCUT2D eigenvalue weighted by Gasteiger charge is -2.05. The fourth-order valence-electron chi connectivity index (χ4n) is 1.48. The van der Waals surface area contributed by atoms with E-state index in [1.165, 1.54) is 18.2 Å². The molecule has 0 saturated heterocycles. The highest BCUT2D eigenvalue weighted by molar-refractivity contribution is 5.85. The van der Waals surface area contributed by atoms with Gasteiger partial charge in [0.15, 0.2) is 17.3 Å². The van der Waals surface area contributed by atoms with Gasteiger partial charge in [-0.05, 0) is 25.1 Å². The van der Waals surface area contributed by atoms with E-state index < -0.39 is 17.6 Å². The lowest BCUT2D eigenvalue weighted by molar-refractivity contribution is 0.0690. The zero-order valence-electron chi connectivity index (χ0n) is 8.82. The highest BCUT2D eigenvalue weighted by Crippen LogP contribution is 2.18. The lowest BCUT2D eigenvalue weighted by atomic mass is 10.3. The van der Waals surface area contributed by atoms with Gasteiger partial charge in [-0.25, -0.2) is 18.3 Å². The lowest BCUT2D eigenvalue weighted by Crippen LogP contribution is -2.05. The normalized spacial score (nSPS) is 10.5. The summed E-state index contributed by atoms with van der Waals surface area (Å²) in [4.78, 5) is 10.7. The molecule has 0 bridgehead atoms. The minimum Gasteiger partial charge on any atom is -0.476 e. The molecule has 0 aliphatic heterocycles. The summed E-state index contributed by atoms with van der Waals surface area (Å²) in [6.07, 6.45) is 0. The van der Waals surface area contributed by atoms with Crippen LogP contribution in [0, 0.1) is 18.6 Å². The van der Waals surface area contributed by atoms with E-state index in [4.69, 9.17) is 5.11 Å². The Morgan fingerprint density at radius 1 is 1.41 bits per heavy atom. The van der Waals surface area contributed by atoms with Gasteiger partial charge in [-0.3, -0.25) is 0 Å². The number of nitrogens with zero attached hydrogens (tertiary/aromatic N) is 2. The van der Waals surface area contributed by atoms with E-state index in [9.17, 15) is 13.6 Å². The quantitative estimate of drug-likeness (QED) is 0.872. The average Bonchev–Trinajstić information content (AvgIpc) is 2.65. The van der Waals surface area contributed by atoms with Crippen LogP contribution in [0.4, 0.5) is 8.78 Å². The molecule has 6 heteroatoms. The second-order valence-corrected chi connectivity index (χ2v) is 3.46. The minimum absolute atomic E-state index is 0.116. The molecule has 0 amide bonds. The molecule has 0 saturated carbocycles. The van der Waals surface area contributed by atoms with Crippen LogP contribution in [0.3, 0.4) is 0 Å². The number of rotatable bonds is 2. The van der Waals surface area contributed by atoms with Crippen LogP contribution < -0.4 is 0 Å². The predicted molar refractivity (Wildman–Crippen MR) is 55.2 cm³/mol. The second kappa shape index (κ2) is 3.97. The number of aromatic nitrogens is 2. The number of hydrogen-bond donors (Lipinski definition) is 1. The molecule has 0 aliphatic rings. The molecule has 0 unspecified atom stereocenters. The van der Waals surface area contributed by atoms with Crippen molar-refractivity contribution in [1.29, 1.82) is 0 Å². The van der Waals surface area contributed by atoms with Crippen molar-refractivity contribution in [2.45, 2.75) is 6.92 Å². The molecule has 0 fully saturated rings. The zero-order chi connectivity index (χ0) is 12.6. The van der Waals surface area contributed by atoms with Gasteiger partial charge in [-0.15, -0.1) is 0 Å². The molecular weight excluding hydrogens is 230 g/mol. The molecule has 1 aromatic heterocycles. The second-order valence-electron chi connectivity index (χ2n) is 3.46. The maximum atomic E-state index is 13.5. The van der Waals surface area contributed by atoms with Crippen LogP contribution in [0.2, 0.25) is 0 Å². The molecule has 1 N–H and O–H groups in total. The molecule has 88 valence electrons. The molecule has 0 spiro atoms. The van der Waals surface area contributed by atoms with Gasteiger partial charge in [0, 0.05) is 5.69 Å². The first kappa shape index (κ1) is 11.3. The van der Waals surface area contributed by atoms with Gasteiger partial charge >= 0.3 is 5.97 Å². The number of aromatic carboxylic acids is 1. The van der Waals surface area contributed by atoms with Crippen LogP contribution in [0.1, 0.15) is 16.2 Å². The molecule has 4 nitrogen and oxygen atoms in total. The van der Waals surface area contributed by atoms with Gasteiger partial charge in [-0.2, -0.15) is 5.10 Å². The summed E-state index contributed by atoms with van der Waals surface area (Å²) in [5, 5.41) is 12.4. The highest BCUT2D eigenvalue weighted by Gasteiger charge is 2.15. The van der Waals surface area contributed by atoms with E-state index in [1.54, 1.807) is 6.92 Å². The van der Waals surface area contributed by atoms with Crippen molar-refractivity contribution in [3.8, 4) is 5.69 Å². The monoisotopic (exact) mass is 238 g/mol. The number of carbonyl (C=O) groups is 1. The molecule has 2 aromatic rings. The van der Waals surface area contributed by atoms with Crippen LogP contribution in [0.5, 0.6) is 0 Å². The standard InChI is InChI=1S/C11H8F2N2O2/c1-6-5-8(11(16)17)14-15(6)9-4-2-3-7(12)10(9)13/h2-5H,1H3,(H,16,17). The van der Waals surface area contributed by atoms with Gasteiger partial charge in [0.05, 0.1) is 0 Å². The van der Waals surface area contributed by atoms with Gasteiger partial charge in [-0.1, -0.05) is 6.07 Å². The van der Waals surface area contributed by atoms with Crippen molar-refractivity contribution in [3.63, 3.8) is 0 Å². The van der Waals surface area contributed by atoms with Crippen LogP contribution in [0.25, 0.3) is 5.69 Å². The Hall–Kier alpha value is -2.24. The van der Waals surface area contributed by atoms with E-state index in [-0.39, 0.29) is 11.4 Å². The summed E-state index contributed by atoms with van der Waals surface area (Å²) in [5.74, 6) is -3.28. The number of carboxylic acid groups (broad SMARTS) is 1. The summed E-state index contributed by atoms with van der Waals surface area (Å²) < 4.78 is 27.6. The summed E-state index contributed by atoms with van der Waals surface area (Å²) in [6, 6.07) is 4.92. The molecular formula is C11H8F2N2O2. The molecule has 2 rings (SSSR count). The third kappa shape index (κ3) is 1.89. The van der Waals surface area contributed by atoms with Gasteiger partial charge in [0.25, 0.3) is 0 Å². The number of carboxylic acids is 1.